The quantitative estimate of drug-likeness (QED) is 0.519. The zero-order valence-corrected chi connectivity index (χ0v) is 8.35. The Hall–Kier alpha value is -0.260. The molecule has 4 bridgehead atoms. The lowest BCUT2D eigenvalue weighted by Crippen LogP contribution is -2.08. The summed E-state index contributed by atoms with van der Waals surface area (Å²) in [6, 6.07) is 0. The Morgan fingerprint density at radius 3 is 2.17 bits per heavy atom. The molecule has 4 aliphatic carbocycles. The molecule has 5 atom stereocenters. The molecule has 0 saturated heterocycles. The van der Waals surface area contributed by atoms with Crippen LogP contribution in [0.15, 0.2) is 12.7 Å². The second-order valence-electron chi connectivity index (χ2n) is 5.67. The van der Waals surface area contributed by atoms with Gasteiger partial charge in [0.05, 0.1) is 0 Å². The lowest BCUT2D eigenvalue weighted by Gasteiger charge is -2.14. The van der Waals surface area contributed by atoms with Crippen molar-refractivity contribution in [1.29, 1.82) is 0 Å². The summed E-state index contributed by atoms with van der Waals surface area (Å²) in [5.41, 5.74) is 1.79. The zero-order valence-electron chi connectivity index (χ0n) is 8.35. The second-order valence-corrected chi connectivity index (χ2v) is 5.67. The molecule has 0 spiro atoms. The van der Waals surface area contributed by atoms with Gasteiger partial charge in [-0.2, -0.15) is 0 Å². The summed E-state index contributed by atoms with van der Waals surface area (Å²) in [4.78, 5) is 0. The van der Waals surface area contributed by atoms with Crippen molar-refractivity contribution in [2.45, 2.75) is 33.6 Å². The van der Waals surface area contributed by atoms with E-state index in [0.717, 1.165) is 11.8 Å². The van der Waals surface area contributed by atoms with Crippen LogP contribution in [0, 0.1) is 28.1 Å². The van der Waals surface area contributed by atoms with Crippen molar-refractivity contribution < 1.29 is 0 Å². The molecule has 0 nitrogen and oxygen atoms in total. The van der Waals surface area contributed by atoms with Crippen molar-refractivity contribution in [2.75, 3.05) is 0 Å². The van der Waals surface area contributed by atoms with Gasteiger partial charge in [-0.15, -0.1) is 6.58 Å². The summed E-state index contributed by atoms with van der Waals surface area (Å²) in [7, 11) is 0. The lowest BCUT2D eigenvalue weighted by molar-refractivity contribution is 0.344. The average Bonchev–Trinajstić information content (AvgIpc) is 2.42. The smallest absolute Gasteiger partial charge is 0.000321 e. The van der Waals surface area contributed by atoms with Gasteiger partial charge < -0.3 is 0 Å². The van der Waals surface area contributed by atoms with Gasteiger partial charge in [-0.1, -0.05) is 26.8 Å². The van der Waals surface area contributed by atoms with E-state index in [2.05, 4.69) is 33.4 Å². The van der Waals surface area contributed by atoms with Gasteiger partial charge in [0.2, 0.25) is 0 Å². The van der Waals surface area contributed by atoms with Crippen LogP contribution in [-0.2, 0) is 0 Å². The maximum atomic E-state index is 4.06. The highest BCUT2D eigenvalue weighted by atomic mass is 14.9. The molecule has 0 aliphatic heterocycles. The van der Waals surface area contributed by atoms with Crippen LogP contribution in [0.1, 0.15) is 33.6 Å². The maximum absolute atomic E-state index is 4.06. The van der Waals surface area contributed by atoms with E-state index in [9.17, 15) is 0 Å². The molecule has 0 aromatic rings. The van der Waals surface area contributed by atoms with E-state index in [-0.39, 0.29) is 0 Å². The summed E-state index contributed by atoms with van der Waals surface area (Å²) in [5, 5.41) is 0. The first-order valence-electron chi connectivity index (χ1n) is 5.17. The minimum atomic E-state index is 0.546. The molecule has 4 saturated carbocycles. The Balaban J connectivity index is 2.21. The molecule has 12 heavy (non-hydrogen) atoms. The topological polar surface area (TPSA) is 0 Å². The van der Waals surface area contributed by atoms with Crippen LogP contribution < -0.4 is 0 Å². The molecular weight excluding hydrogens is 144 g/mol. The summed E-state index contributed by atoms with van der Waals surface area (Å²) in [5.74, 6) is 1.96. The molecule has 0 aromatic carbocycles. The van der Waals surface area contributed by atoms with Crippen LogP contribution in [0.2, 0.25) is 0 Å². The van der Waals surface area contributed by atoms with Gasteiger partial charge in [0.1, 0.15) is 0 Å². The third-order valence-electron chi connectivity index (χ3n) is 6.22. The lowest BCUT2D eigenvalue weighted by atomic mass is 9.90. The monoisotopic (exact) mass is 162 g/mol. The standard InChI is InChI=1S/C12H18/c1-5-12-7-9-6-10(12,3)11(12,4)8(9)2/h5,8-9H,1,6-7H2,2-4H3. The molecule has 0 heterocycles. The van der Waals surface area contributed by atoms with Gasteiger partial charge in [0.25, 0.3) is 0 Å². The molecule has 4 aliphatic rings. The molecule has 0 radical (unpaired) electrons. The van der Waals surface area contributed by atoms with E-state index in [0.29, 0.717) is 16.2 Å². The van der Waals surface area contributed by atoms with E-state index < -0.39 is 0 Å². The summed E-state index contributed by atoms with van der Waals surface area (Å²) in [6.07, 6.45) is 5.18. The molecule has 66 valence electrons. The minimum Gasteiger partial charge on any atom is -0.102 e. The van der Waals surface area contributed by atoms with Crippen LogP contribution in [0.4, 0.5) is 0 Å². The average molecular weight is 162 g/mol. The predicted octanol–water partition coefficient (Wildman–Crippen LogP) is 3.24. The van der Waals surface area contributed by atoms with Crippen molar-refractivity contribution >= 4 is 0 Å². The van der Waals surface area contributed by atoms with Crippen molar-refractivity contribution in [3.05, 3.63) is 12.7 Å². The largest absolute Gasteiger partial charge is 0.102 e. The van der Waals surface area contributed by atoms with Gasteiger partial charge in [-0.3, -0.25) is 0 Å². The van der Waals surface area contributed by atoms with E-state index in [1.807, 2.05) is 0 Å². The minimum absolute atomic E-state index is 0.546. The van der Waals surface area contributed by atoms with Crippen molar-refractivity contribution in [3.8, 4) is 0 Å². The van der Waals surface area contributed by atoms with E-state index >= 15 is 0 Å². The molecule has 5 unspecified atom stereocenters. The van der Waals surface area contributed by atoms with Crippen LogP contribution in [0.5, 0.6) is 0 Å². The Kier molecular flexibility index (Phi) is 0.852. The third-order valence-corrected chi connectivity index (χ3v) is 6.22. The number of hydrogen-bond donors (Lipinski definition) is 0. The van der Waals surface area contributed by atoms with E-state index in [4.69, 9.17) is 0 Å². The predicted molar refractivity (Wildman–Crippen MR) is 50.7 cm³/mol. The van der Waals surface area contributed by atoms with Crippen LogP contribution in [0.25, 0.3) is 0 Å². The molecule has 0 aromatic heterocycles. The molecule has 0 N–H and O–H groups in total. The zero-order chi connectivity index (χ0) is 8.78. The molecule has 4 rings (SSSR count). The van der Waals surface area contributed by atoms with Crippen molar-refractivity contribution in [3.63, 3.8) is 0 Å². The van der Waals surface area contributed by atoms with E-state index in [1.165, 1.54) is 12.8 Å². The van der Waals surface area contributed by atoms with Crippen LogP contribution in [-0.4, -0.2) is 0 Å². The number of hydrogen-bond acceptors (Lipinski definition) is 0. The highest BCUT2D eigenvalue weighted by Gasteiger charge is 2.90. The third kappa shape index (κ3) is 0.326. The fraction of sp³-hybridized carbons (Fsp3) is 0.833. The fourth-order valence-electron chi connectivity index (χ4n) is 5.25. The van der Waals surface area contributed by atoms with Crippen LogP contribution in [0.3, 0.4) is 0 Å². The highest BCUT2D eigenvalue weighted by molar-refractivity contribution is 5.43. The Morgan fingerprint density at radius 2 is 2.00 bits per heavy atom. The van der Waals surface area contributed by atoms with Crippen molar-refractivity contribution in [2.24, 2.45) is 28.1 Å². The summed E-state index contributed by atoms with van der Waals surface area (Å²) >= 11 is 0. The molecule has 4 fully saturated rings. The number of allylic oxidation sites excluding steroid dienone is 1. The first-order chi connectivity index (χ1) is 5.53. The maximum Gasteiger partial charge on any atom is 0.000321 e. The Morgan fingerprint density at radius 1 is 1.33 bits per heavy atom. The van der Waals surface area contributed by atoms with Crippen LogP contribution >= 0.6 is 0 Å². The van der Waals surface area contributed by atoms with Gasteiger partial charge in [-0.25, -0.2) is 0 Å². The Bertz CT molecular complexity index is 280. The summed E-state index contributed by atoms with van der Waals surface area (Å²) in [6.45, 7) is 11.5. The van der Waals surface area contributed by atoms with Crippen molar-refractivity contribution in [1.82, 2.24) is 0 Å². The second kappa shape index (κ2) is 1.42. The Labute approximate surface area is 75.0 Å². The van der Waals surface area contributed by atoms with Gasteiger partial charge in [0, 0.05) is 5.41 Å². The molecule has 0 heteroatoms. The van der Waals surface area contributed by atoms with Gasteiger partial charge in [-0.05, 0) is 35.5 Å². The summed E-state index contributed by atoms with van der Waals surface area (Å²) < 4.78 is 0. The molecule has 0 amide bonds. The van der Waals surface area contributed by atoms with Gasteiger partial charge in [0.15, 0.2) is 0 Å². The normalized spacial score (nSPS) is 71.6. The highest BCUT2D eigenvalue weighted by Crippen LogP contribution is 2.95. The first kappa shape index (κ1) is 7.17. The fourth-order valence-corrected chi connectivity index (χ4v) is 5.25. The van der Waals surface area contributed by atoms with E-state index in [1.54, 1.807) is 0 Å². The SMILES string of the molecule is C=CC12CC3CC1(C)C2(C)C3C. The molecular formula is C12H18. The van der Waals surface area contributed by atoms with Gasteiger partial charge >= 0.3 is 0 Å². The number of rotatable bonds is 1. The first-order valence-corrected chi connectivity index (χ1v) is 5.17.